The Morgan fingerprint density at radius 3 is 2.70 bits per heavy atom. The van der Waals surface area contributed by atoms with Gasteiger partial charge in [0.2, 0.25) is 0 Å². The van der Waals surface area contributed by atoms with E-state index in [0.717, 1.165) is 21.8 Å². The second-order valence-corrected chi connectivity index (χ2v) is 5.30. The fraction of sp³-hybridized carbons (Fsp3) is 0.143. The van der Waals surface area contributed by atoms with Crippen LogP contribution in [0.25, 0.3) is 0 Å². The Morgan fingerprint density at radius 1 is 1.30 bits per heavy atom. The smallest absolute Gasteiger partial charge is 0.272 e. The fourth-order valence-electron chi connectivity index (χ4n) is 1.86. The average Bonchev–Trinajstić information content (AvgIpc) is 2.37. The Bertz CT molecular complexity index is 662. The second kappa shape index (κ2) is 6.00. The lowest BCUT2D eigenvalue weighted by Crippen LogP contribution is -2.02. The molecule has 0 aliphatic heterocycles. The first kappa shape index (κ1) is 14.5. The quantitative estimate of drug-likeness (QED) is 0.663. The minimum atomic E-state index is -0.608. The summed E-state index contributed by atoms with van der Waals surface area (Å²) in [6, 6.07) is 9.31. The summed E-state index contributed by atoms with van der Waals surface area (Å²) in [5, 5.41) is 13.8. The van der Waals surface area contributed by atoms with Gasteiger partial charge in [0.25, 0.3) is 5.69 Å². The molecule has 0 unspecified atom stereocenters. The molecule has 20 heavy (non-hydrogen) atoms. The summed E-state index contributed by atoms with van der Waals surface area (Å²) in [6.07, 6.45) is 0. The van der Waals surface area contributed by atoms with E-state index in [1.165, 1.54) is 12.1 Å². The van der Waals surface area contributed by atoms with Gasteiger partial charge in [-0.1, -0.05) is 15.9 Å². The van der Waals surface area contributed by atoms with Crippen molar-refractivity contribution in [1.82, 2.24) is 0 Å². The lowest BCUT2D eigenvalue weighted by molar-refractivity contribution is -0.385. The van der Waals surface area contributed by atoms with Crippen LogP contribution in [0.4, 0.5) is 15.8 Å². The van der Waals surface area contributed by atoms with Crippen LogP contribution in [0.5, 0.6) is 0 Å². The highest BCUT2D eigenvalue weighted by Crippen LogP contribution is 2.22. The maximum absolute atomic E-state index is 13.3. The van der Waals surface area contributed by atoms with Gasteiger partial charge in [0.15, 0.2) is 0 Å². The fourth-order valence-corrected chi connectivity index (χ4v) is 2.34. The van der Waals surface area contributed by atoms with E-state index < -0.39 is 10.7 Å². The molecule has 0 saturated heterocycles. The molecule has 0 spiro atoms. The van der Waals surface area contributed by atoms with Gasteiger partial charge in [-0.25, -0.2) is 4.39 Å². The Balaban J connectivity index is 2.16. The SMILES string of the molecule is Cc1cc(Br)ccc1NCc1cc(F)cc([N+](=O)[O-])c1. The molecular weight excluding hydrogens is 327 g/mol. The number of non-ortho nitro benzene ring substituents is 1. The molecule has 0 bridgehead atoms. The van der Waals surface area contributed by atoms with Gasteiger partial charge in [-0.2, -0.15) is 0 Å². The number of nitro benzene ring substituents is 1. The largest absolute Gasteiger partial charge is 0.381 e. The lowest BCUT2D eigenvalue weighted by atomic mass is 10.1. The van der Waals surface area contributed by atoms with Crippen molar-refractivity contribution in [3.63, 3.8) is 0 Å². The Hall–Kier alpha value is -1.95. The van der Waals surface area contributed by atoms with Crippen LogP contribution in [0.2, 0.25) is 0 Å². The second-order valence-electron chi connectivity index (χ2n) is 4.39. The van der Waals surface area contributed by atoms with E-state index in [2.05, 4.69) is 21.2 Å². The number of halogens is 2. The molecule has 1 N–H and O–H groups in total. The number of nitro groups is 1. The average molecular weight is 339 g/mol. The van der Waals surface area contributed by atoms with Gasteiger partial charge in [-0.15, -0.1) is 0 Å². The predicted octanol–water partition coefficient (Wildman–Crippen LogP) is 4.42. The molecule has 2 aromatic rings. The van der Waals surface area contributed by atoms with E-state index >= 15 is 0 Å². The highest BCUT2D eigenvalue weighted by Gasteiger charge is 2.10. The highest BCUT2D eigenvalue weighted by molar-refractivity contribution is 9.10. The molecule has 2 rings (SSSR count). The van der Waals surface area contributed by atoms with Crippen LogP contribution in [0.15, 0.2) is 40.9 Å². The molecule has 0 amide bonds. The zero-order chi connectivity index (χ0) is 14.7. The number of aryl methyl sites for hydroxylation is 1. The van der Waals surface area contributed by atoms with Crippen molar-refractivity contribution < 1.29 is 9.31 Å². The molecule has 0 fully saturated rings. The van der Waals surface area contributed by atoms with Gasteiger partial charge in [0.05, 0.1) is 11.0 Å². The summed E-state index contributed by atoms with van der Waals surface area (Å²) in [5.41, 5.74) is 2.22. The molecular formula is C14H12BrFN2O2. The molecule has 0 aliphatic carbocycles. The van der Waals surface area contributed by atoms with Crippen molar-refractivity contribution in [2.45, 2.75) is 13.5 Å². The Morgan fingerprint density at radius 2 is 2.05 bits per heavy atom. The summed E-state index contributed by atoms with van der Waals surface area (Å²) in [6.45, 7) is 2.27. The third kappa shape index (κ3) is 3.54. The van der Waals surface area contributed by atoms with Crippen molar-refractivity contribution in [1.29, 1.82) is 0 Å². The lowest BCUT2D eigenvalue weighted by Gasteiger charge is -2.10. The van der Waals surface area contributed by atoms with Crippen LogP contribution >= 0.6 is 15.9 Å². The van der Waals surface area contributed by atoms with Gasteiger partial charge >= 0.3 is 0 Å². The van der Waals surface area contributed by atoms with Crippen LogP contribution in [-0.4, -0.2) is 4.92 Å². The third-order valence-corrected chi connectivity index (χ3v) is 3.32. The van der Waals surface area contributed by atoms with Crippen molar-refractivity contribution in [2.75, 3.05) is 5.32 Å². The number of hydrogen-bond donors (Lipinski definition) is 1. The number of anilines is 1. The Kier molecular flexibility index (Phi) is 4.34. The van der Waals surface area contributed by atoms with Crippen molar-refractivity contribution in [3.05, 3.63) is 67.9 Å². The molecule has 0 aromatic heterocycles. The molecule has 6 heteroatoms. The third-order valence-electron chi connectivity index (χ3n) is 2.82. The van der Waals surface area contributed by atoms with E-state index in [1.54, 1.807) is 0 Å². The minimum Gasteiger partial charge on any atom is -0.381 e. The number of nitrogens with one attached hydrogen (secondary N) is 1. The topological polar surface area (TPSA) is 55.2 Å². The van der Waals surface area contributed by atoms with Crippen LogP contribution in [-0.2, 0) is 6.54 Å². The summed E-state index contributed by atoms with van der Waals surface area (Å²) < 4.78 is 14.3. The molecule has 0 aliphatic rings. The zero-order valence-electron chi connectivity index (χ0n) is 10.7. The first-order valence-electron chi connectivity index (χ1n) is 5.89. The van der Waals surface area contributed by atoms with E-state index in [-0.39, 0.29) is 5.69 Å². The standard InChI is InChI=1S/C14H12BrFN2O2/c1-9-4-11(15)2-3-14(9)17-8-10-5-12(16)7-13(6-10)18(19)20/h2-7,17H,8H2,1H3. The van der Waals surface area contributed by atoms with Gasteiger partial charge in [-0.3, -0.25) is 10.1 Å². The van der Waals surface area contributed by atoms with E-state index in [4.69, 9.17) is 0 Å². The Labute approximate surface area is 123 Å². The number of nitrogens with zero attached hydrogens (tertiary/aromatic N) is 1. The van der Waals surface area contributed by atoms with Crippen molar-refractivity contribution in [2.24, 2.45) is 0 Å². The number of hydrogen-bond acceptors (Lipinski definition) is 3. The van der Waals surface area contributed by atoms with Crippen molar-refractivity contribution >= 4 is 27.3 Å². The number of benzene rings is 2. The van der Waals surface area contributed by atoms with Crippen LogP contribution in [0, 0.1) is 22.9 Å². The van der Waals surface area contributed by atoms with Gasteiger partial charge in [-0.05, 0) is 42.3 Å². The molecule has 0 radical (unpaired) electrons. The summed E-state index contributed by atoms with van der Waals surface area (Å²) >= 11 is 3.37. The van der Waals surface area contributed by atoms with Gasteiger partial charge < -0.3 is 5.32 Å². The van der Waals surface area contributed by atoms with Crippen LogP contribution < -0.4 is 5.32 Å². The zero-order valence-corrected chi connectivity index (χ0v) is 12.3. The monoisotopic (exact) mass is 338 g/mol. The van der Waals surface area contributed by atoms with Gasteiger partial charge in [0, 0.05) is 22.8 Å². The van der Waals surface area contributed by atoms with Crippen LogP contribution in [0.3, 0.4) is 0 Å². The summed E-state index contributed by atoms with van der Waals surface area (Å²) in [7, 11) is 0. The minimum absolute atomic E-state index is 0.241. The van der Waals surface area contributed by atoms with E-state index in [1.807, 2.05) is 25.1 Å². The molecule has 2 aromatic carbocycles. The molecule has 0 saturated carbocycles. The first-order chi connectivity index (χ1) is 9.45. The van der Waals surface area contributed by atoms with Gasteiger partial charge in [0.1, 0.15) is 5.82 Å². The number of rotatable bonds is 4. The molecule has 0 atom stereocenters. The molecule has 4 nitrogen and oxygen atoms in total. The highest BCUT2D eigenvalue weighted by atomic mass is 79.9. The van der Waals surface area contributed by atoms with E-state index in [0.29, 0.717) is 12.1 Å². The summed E-state index contributed by atoms with van der Waals surface area (Å²) in [5.74, 6) is -0.608. The maximum Gasteiger partial charge on any atom is 0.272 e. The molecule has 104 valence electrons. The predicted molar refractivity (Wildman–Crippen MR) is 79.3 cm³/mol. The van der Waals surface area contributed by atoms with Crippen molar-refractivity contribution in [3.8, 4) is 0 Å². The first-order valence-corrected chi connectivity index (χ1v) is 6.69. The maximum atomic E-state index is 13.3. The van der Waals surface area contributed by atoms with E-state index in [9.17, 15) is 14.5 Å². The summed E-state index contributed by atoms with van der Waals surface area (Å²) in [4.78, 5) is 10.1. The van der Waals surface area contributed by atoms with Crippen LogP contribution in [0.1, 0.15) is 11.1 Å². The molecule has 0 heterocycles. The normalized spacial score (nSPS) is 10.3.